The Morgan fingerprint density at radius 1 is 1.24 bits per heavy atom. The fourth-order valence-corrected chi connectivity index (χ4v) is 4.14. The highest BCUT2D eigenvalue weighted by molar-refractivity contribution is 5.93. The van der Waals surface area contributed by atoms with Crippen LogP contribution in [-0.2, 0) is 11.8 Å². The number of hydrogen-bond acceptors (Lipinski definition) is 4. The lowest BCUT2D eigenvalue weighted by molar-refractivity contribution is -0.120. The van der Waals surface area contributed by atoms with Crippen LogP contribution in [0, 0.1) is 13.8 Å². The lowest BCUT2D eigenvalue weighted by Crippen LogP contribution is -2.63. The Morgan fingerprint density at radius 3 is 2.52 bits per heavy atom. The fraction of sp³-hybridized carbons (Fsp3) is 0.765. The second-order valence-corrected chi connectivity index (χ2v) is 7.10. The van der Waals surface area contributed by atoms with Gasteiger partial charge in [-0.1, -0.05) is 19.3 Å². The molecule has 2 N–H and O–H groups in total. The van der Waals surface area contributed by atoms with Crippen LogP contribution < -0.4 is 10.6 Å². The molecule has 1 aliphatic carbocycles. The number of hydrogen-bond donors (Lipinski definition) is 2. The number of anilines is 1. The number of rotatable bonds is 3. The van der Waals surface area contributed by atoms with Gasteiger partial charge in [-0.25, -0.2) is 0 Å². The van der Waals surface area contributed by atoms with Crippen molar-refractivity contribution in [3.8, 4) is 0 Å². The van der Waals surface area contributed by atoms with Crippen LogP contribution in [0.4, 0.5) is 5.69 Å². The van der Waals surface area contributed by atoms with E-state index < -0.39 is 0 Å². The fourth-order valence-electron chi connectivity index (χ4n) is 4.14. The lowest BCUT2D eigenvalue weighted by Gasteiger charge is -2.49. The van der Waals surface area contributed by atoms with Crippen molar-refractivity contribution in [1.29, 1.82) is 0 Å². The van der Waals surface area contributed by atoms with Gasteiger partial charge < -0.3 is 10.6 Å². The second-order valence-electron chi connectivity index (χ2n) is 7.10. The third kappa shape index (κ3) is 4.67. The number of nitrogens with one attached hydrogen (secondary N) is 2. The van der Waals surface area contributed by atoms with E-state index >= 15 is 0 Å². The number of carbonyl (C=O) groups excluding carboxylic acids is 1. The highest BCUT2D eigenvalue weighted by Crippen LogP contribution is 2.34. The molecule has 1 amide bonds. The minimum atomic E-state index is 0. The minimum Gasteiger partial charge on any atom is -0.322 e. The number of carbonyl (C=O) groups is 1. The second kappa shape index (κ2) is 9.21. The zero-order chi connectivity index (χ0) is 16.4. The molecule has 2 fully saturated rings. The summed E-state index contributed by atoms with van der Waals surface area (Å²) in [7, 11) is 1.91. The number of nitrogens with zero attached hydrogens (tertiary/aromatic N) is 3. The number of aromatic nitrogens is 2. The lowest BCUT2D eigenvalue weighted by atomic mass is 9.79. The molecule has 1 aliphatic heterocycles. The van der Waals surface area contributed by atoms with E-state index in [0.29, 0.717) is 6.54 Å². The van der Waals surface area contributed by atoms with Gasteiger partial charge in [-0.2, -0.15) is 5.10 Å². The van der Waals surface area contributed by atoms with Crippen molar-refractivity contribution >= 4 is 36.4 Å². The van der Waals surface area contributed by atoms with Gasteiger partial charge in [0.1, 0.15) is 0 Å². The third-order valence-corrected chi connectivity index (χ3v) is 5.58. The molecular weight excluding hydrogens is 361 g/mol. The van der Waals surface area contributed by atoms with Crippen LogP contribution in [0.1, 0.15) is 43.5 Å². The number of amides is 1. The van der Waals surface area contributed by atoms with Gasteiger partial charge in [0.25, 0.3) is 0 Å². The van der Waals surface area contributed by atoms with Crippen molar-refractivity contribution in [2.75, 3.05) is 31.5 Å². The minimum absolute atomic E-state index is 0. The molecule has 1 saturated carbocycles. The quantitative estimate of drug-likeness (QED) is 0.830. The summed E-state index contributed by atoms with van der Waals surface area (Å²) in [6.45, 7) is 7.36. The van der Waals surface area contributed by atoms with Gasteiger partial charge in [-0.15, -0.1) is 24.8 Å². The maximum Gasteiger partial charge on any atom is 0.238 e. The summed E-state index contributed by atoms with van der Waals surface area (Å²) in [6, 6.07) is 0. The molecule has 0 radical (unpaired) electrons. The largest absolute Gasteiger partial charge is 0.322 e. The van der Waals surface area contributed by atoms with E-state index in [4.69, 9.17) is 0 Å². The van der Waals surface area contributed by atoms with E-state index in [1.807, 2.05) is 25.6 Å². The van der Waals surface area contributed by atoms with Gasteiger partial charge in [0, 0.05) is 32.2 Å². The molecule has 0 atom stereocenters. The first-order valence-corrected chi connectivity index (χ1v) is 8.78. The van der Waals surface area contributed by atoms with Crippen LogP contribution in [0.5, 0.6) is 0 Å². The Labute approximate surface area is 162 Å². The van der Waals surface area contributed by atoms with Gasteiger partial charge in [0.05, 0.1) is 23.6 Å². The smallest absolute Gasteiger partial charge is 0.238 e. The van der Waals surface area contributed by atoms with Crippen LogP contribution in [0.2, 0.25) is 0 Å². The first-order valence-electron chi connectivity index (χ1n) is 8.78. The number of aryl methyl sites for hydroxylation is 2. The summed E-state index contributed by atoms with van der Waals surface area (Å²) in [6.07, 6.45) is 6.30. The molecule has 0 unspecified atom stereocenters. The Hall–Kier alpha value is -0.820. The van der Waals surface area contributed by atoms with Crippen molar-refractivity contribution in [3.63, 3.8) is 0 Å². The van der Waals surface area contributed by atoms with E-state index in [1.54, 1.807) is 0 Å². The average Bonchev–Trinajstić information content (AvgIpc) is 2.77. The SMILES string of the molecule is Cc1nn(C)c(C)c1NC(=O)CN1CCNCC12CCCCC2.Cl.Cl. The van der Waals surface area contributed by atoms with E-state index in [2.05, 4.69) is 20.6 Å². The van der Waals surface area contributed by atoms with Crippen LogP contribution in [0.3, 0.4) is 0 Å². The standard InChI is InChI=1S/C17H29N5O.2ClH/c1-13-16(14(2)21(3)20-13)19-15(23)11-22-10-9-18-12-17(22)7-5-4-6-8-17;;/h18H,4-12H2,1-3H3,(H,19,23);2*1H. The summed E-state index contributed by atoms with van der Waals surface area (Å²) in [4.78, 5) is 15.0. The molecule has 6 nitrogen and oxygen atoms in total. The maximum atomic E-state index is 12.6. The first-order chi connectivity index (χ1) is 11.0. The Bertz CT molecular complexity index is 576. The van der Waals surface area contributed by atoms with Crippen LogP contribution in [0.15, 0.2) is 0 Å². The van der Waals surface area contributed by atoms with E-state index in [9.17, 15) is 4.79 Å². The molecule has 1 aromatic heterocycles. The van der Waals surface area contributed by atoms with Crippen LogP contribution >= 0.6 is 24.8 Å². The summed E-state index contributed by atoms with van der Waals surface area (Å²) in [5.74, 6) is 0.0797. The van der Waals surface area contributed by atoms with E-state index in [0.717, 1.165) is 36.7 Å². The molecule has 25 heavy (non-hydrogen) atoms. The Kier molecular flexibility index (Phi) is 8.19. The van der Waals surface area contributed by atoms with Crippen molar-refractivity contribution in [2.45, 2.75) is 51.5 Å². The molecule has 8 heteroatoms. The normalized spacial score (nSPS) is 19.8. The van der Waals surface area contributed by atoms with E-state index in [-0.39, 0.29) is 36.3 Å². The van der Waals surface area contributed by atoms with Gasteiger partial charge in [0.2, 0.25) is 5.91 Å². The van der Waals surface area contributed by atoms with Gasteiger partial charge in [0.15, 0.2) is 0 Å². The molecule has 2 heterocycles. The molecule has 1 aromatic rings. The zero-order valence-corrected chi connectivity index (χ0v) is 17.1. The summed E-state index contributed by atoms with van der Waals surface area (Å²) < 4.78 is 1.82. The summed E-state index contributed by atoms with van der Waals surface area (Å²) in [5.41, 5.74) is 2.94. The van der Waals surface area contributed by atoms with Gasteiger partial charge in [-0.3, -0.25) is 14.4 Å². The van der Waals surface area contributed by atoms with Crippen LogP contribution in [0.25, 0.3) is 0 Å². The number of halogens is 2. The average molecular weight is 392 g/mol. The predicted molar refractivity (Wildman–Crippen MR) is 106 cm³/mol. The molecule has 0 bridgehead atoms. The highest BCUT2D eigenvalue weighted by atomic mass is 35.5. The molecule has 1 saturated heterocycles. The van der Waals surface area contributed by atoms with E-state index in [1.165, 1.54) is 32.1 Å². The number of piperazine rings is 1. The topological polar surface area (TPSA) is 62.2 Å². The first kappa shape index (κ1) is 22.2. The predicted octanol–water partition coefficient (Wildman–Crippen LogP) is 2.43. The molecular formula is C17H31Cl2N5O. The molecule has 1 spiro atoms. The maximum absolute atomic E-state index is 12.6. The zero-order valence-electron chi connectivity index (χ0n) is 15.4. The summed E-state index contributed by atoms with van der Waals surface area (Å²) in [5, 5.41) is 11.0. The van der Waals surface area contributed by atoms with Gasteiger partial charge in [-0.05, 0) is 26.7 Å². The Balaban J connectivity index is 0.00000156. The van der Waals surface area contributed by atoms with Crippen molar-refractivity contribution in [3.05, 3.63) is 11.4 Å². The molecule has 0 aromatic carbocycles. The van der Waals surface area contributed by atoms with Crippen LogP contribution in [-0.4, -0.2) is 52.3 Å². The van der Waals surface area contributed by atoms with Crippen molar-refractivity contribution in [2.24, 2.45) is 7.05 Å². The van der Waals surface area contributed by atoms with Crippen molar-refractivity contribution in [1.82, 2.24) is 20.0 Å². The highest BCUT2D eigenvalue weighted by Gasteiger charge is 2.40. The van der Waals surface area contributed by atoms with Gasteiger partial charge >= 0.3 is 0 Å². The Morgan fingerprint density at radius 2 is 1.92 bits per heavy atom. The van der Waals surface area contributed by atoms with Crippen molar-refractivity contribution < 1.29 is 4.79 Å². The monoisotopic (exact) mass is 391 g/mol. The molecule has 2 aliphatic rings. The molecule has 3 rings (SSSR count). The summed E-state index contributed by atoms with van der Waals surface area (Å²) >= 11 is 0. The third-order valence-electron chi connectivity index (χ3n) is 5.58. The molecule has 144 valence electrons.